The number of rotatable bonds is 5. The van der Waals surface area contributed by atoms with Crippen LogP contribution in [0.25, 0.3) is 0 Å². The zero-order valence-electron chi connectivity index (χ0n) is 11.3. The molecule has 1 heterocycles. The number of hydrogen-bond acceptors (Lipinski definition) is 3. The van der Waals surface area contributed by atoms with Crippen molar-refractivity contribution in [3.63, 3.8) is 0 Å². The van der Waals surface area contributed by atoms with Crippen LogP contribution in [0.3, 0.4) is 0 Å². The Morgan fingerprint density at radius 3 is 2.38 bits per heavy atom. The summed E-state index contributed by atoms with van der Waals surface area (Å²) in [5.74, 6) is 0.000255. The summed E-state index contributed by atoms with van der Waals surface area (Å²) in [4.78, 5) is 13.7. The molecule has 0 N–H and O–H groups in total. The first kappa shape index (κ1) is 15.4. The number of carbonyl (C=O) groups is 1. The van der Waals surface area contributed by atoms with Gasteiger partial charge in [0.15, 0.2) is 0 Å². The number of esters is 1. The van der Waals surface area contributed by atoms with Crippen LogP contribution in [0, 0.1) is 5.92 Å². The Morgan fingerprint density at radius 1 is 1.31 bits per heavy atom. The van der Waals surface area contributed by atoms with Crippen molar-refractivity contribution in [3.05, 3.63) is 0 Å². The van der Waals surface area contributed by atoms with Gasteiger partial charge in [0, 0.05) is 6.54 Å². The molecule has 1 rings (SSSR count). The summed E-state index contributed by atoms with van der Waals surface area (Å²) in [5, 5.41) is 0. The Kier molecular flexibility index (Phi) is 9.30. The van der Waals surface area contributed by atoms with Gasteiger partial charge in [-0.25, -0.2) is 0 Å². The highest BCUT2D eigenvalue weighted by molar-refractivity contribution is 5.71. The van der Waals surface area contributed by atoms with Gasteiger partial charge >= 0.3 is 5.97 Å². The van der Waals surface area contributed by atoms with Crippen molar-refractivity contribution in [3.8, 4) is 0 Å². The second kappa shape index (κ2) is 9.64. The van der Waals surface area contributed by atoms with Crippen molar-refractivity contribution in [2.75, 3.05) is 26.2 Å². The van der Waals surface area contributed by atoms with Gasteiger partial charge in [0.2, 0.25) is 0 Å². The third-order valence-corrected chi connectivity index (χ3v) is 2.87. The van der Waals surface area contributed by atoms with E-state index >= 15 is 0 Å². The van der Waals surface area contributed by atoms with E-state index in [2.05, 4.69) is 4.90 Å². The number of likely N-dealkylation sites (tertiary alicyclic amines) is 1. The first-order valence-corrected chi connectivity index (χ1v) is 6.63. The van der Waals surface area contributed by atoms with Crippen LogP contribution in [0.5, 0.6) is 0 Å². The van der Waals surface area contributed by atoms with Crippen LogP contribution in [0.4, 0.5) is 0 Å². The third-order valence-electron chi connectivity index (χ3n) is 2.87. The van der Waals surface area contributed by atoms with Gasteiger partial charge in [0.1, 0.15) is 6.61 Å². The van der Waals surface area contributed by atoms with Crippen LogP contribution in [-0.4, -0.2) is 37.1 Å². The Morgan fingerprint density at radius 2 is 1.88 bits per heavy atom. The second-order valence-electron chi connectivity index (χ2n) is 4.03. The minimum absolute atomic E-state index is 0.0494. The molecule has 1 atom stereocenters. The monoisotopic (exact) mass is 229 g/mol. The lowest BCUT2D eigenvalue weighted by Crippen LogP contribution is -2.26. The molecule has 0 amide bonds. The highest BCUT2D eigenvalue weighted by Gasteiger charge is 2.14. The molecular formula is C13H27NO2. The molecule has 0 aromatic heterocycles. The molecule has 0 aromatic rings. The normalized spacial score (nSPS) is 17.5. The van der Waals surface area contributed by atoms with Gasteiger partial charge in [-0.05, 0) is 32.4 Å². The molecule has 1 aliphatic rings. The fourth-order valence-electron chi connectivity index (χ4n) is 1.59. The maximum absolute atomic E-state index is 11.3. The van der Waals surface area contributed by atoms with E-state index in [1.165, 1.54) is 25.9 Å². The maximum atomic E-state index is 11.3. The van der Waals surface area contributed by atoms with Gasteiger partial charge in [-0.1, -0.05) is 27.7 Å². The fraction of sp³-hybridized carbons (Fsp3) is 0.923. The number of ether oxygens (including phenoxy) is 1. The highest BCUT2D eigenvalue weighted by atomic mass is 16.5. The summed E-state index contributed by atoms with van der Waals surface area (Å²) < 4.78 is 5.18. The Hall–Kier alpha value is -0.570. The van der Waals surface area contributed by atoms with Crippen molar-refractivity contribution >= 4 is 5.97 Å². The molecule has 0 aliphatic carbocycles. The lowest BCUT2D eigenvalue weighted by atomic mass is 10.1. The fourth-order valence-corrected chi connectivity index (χ4v) is 1.59. The van der Waals surface area contributed by atoms with Crippen molar-refractivity contribution < 1.29 is 9.53 Å². The summed E-state index contributed by atoms with van der Waals surface area (Å²) in [7, 11) is 0. The van der Waals surface area contributed by atoms with Gasteiger partial charge < -0.3 is 4.74 Å². The molecule has 1 saturated heterocycles. The van der Waals surface area contributed by atoms with E-state index in [1.54, 1.807) is 0 Å². The van der Waals surface area contributed by atoms with E-state index in [4.69, 9.17) is 4.74 Å². The molecule has 0 aromatic carbocycles. The summed E-state index contributed by atoms with van der Waals surface area (Å²) in [6.45, 7) is 11.7. The minimum Gasteiger partial charge on any atom is -0.464 e. The van der Waals surface area contributed by atoms with E-state index in [0.29, 0.717) is 6.61 Å². The van der Waals surface area contributed by atoms with Crippen molar-refractivity contribution in [1.82, 2.24) is 4.90 Å². The van der Waals surface area contributed by atoms with Crippen molar-refractivity contribution in [2.45, 2.75) is 47.0 Å². The first-order valence-electron chi connectivity index (χ1n) is 6.63. The zero-order chi connectivity index (χ0) is 12.4. The lowest BCUT2D eigenvalue weighted by molar-refractivity contribution is -0.148. The molecule has 0 spiro atoms. The summed E-state index contributed by atoms with van der Waals surface area (Å²) in [5.41, 5.74) is 0. The van der Waals surface area contributed by atoms with Crippen LogP contribution >= 0.6 is 0 Å². The molecule has 96 valence electrons. The van der Waals surface area contributed by atoms with E-state index in [9.17, 15) is 4.79 Å². The largest absolute Gasteiger partial charge is 0.464 e. The molecular weight excluding hydrogens is 202 g/mol. The van der Waals surface area contributed by atoms with Gasteiger partial charge in [0.25, 0.3) is 0 Å². The Labute approximate surface area is 100 Å². The van der Waals surface area contributed by atoms with Crippen molar-refractivity contribution in [1.29, 1.82) is 0 Å². The summed E-state index contributed by atoms with van der Waals surface area (Å²) in [6, 6.07) is 0. The molecule has 0 bridgehead atoms. The molecule has 1 fully saturated rings. The maximum Gasteiger partial charge on any atom is 0.308 e. The van der Waals surface area contributed by atoms with E-state index in [1.807, 2.05) is 27.7 Å². The first-order chi connectivity index (χ1) is 7.74. The van der Waals surface area contributed by atoms with Crippen LogP contribution < -0.4 is 0 Å². The average Bonchev–Trinajstić information content (AvgIpc) is 2.83. The molecule has 0 saturated carbocycles. The van der Waals surface area contributed by atoms with E-state index < -0.39 is 0 Å². The van der Waals surface area contributed by atoms with Gasteiger partial charge in [-0.2, -0.15) is 0 Å². The van der Waals surface area contributed by atoms with E-state index in [0.717, 1.165) is 13.0 Å². The predicted octanol–water partition coefficient (Wildman–Crippen LogP) is 2.70. The van der Waals surface area contributed by atoms with Crippen LogP contribution in [0.2, 0.25) is 0 Å². The van der Waals surface area contributed by atoms with Crippen LogP contribution in [-0.2, 0) is 9.53 Å². The minimum atomic E-state index is -0.0494. The van der Waals surface area contributed by atoms with Crippen molar-refractivity contribution in [2.24, 2.45) is 5.92 Å². The number of hydrogen-bond donors (Lipinski definition) is 0. The summed E-state index contributed by atoms with van der Waals surface area (Å²) in [6.07, 6.45) is 3.45. The Bertz CT molecular complexity index is 177. The molecule has 1 unspecified atom stereocenters. The molecule has 0 radical (unpaired) electrons. The summed E-state index contributed by atoms with van der Waals surface area (Å²) >= 11 is 0. The smallest absolute Gasteiger partial charge is 0.308 e. The number of nitrogens with zero attached hydrogens (tertiary/aromatic N) is 1. The predicted molar refractivity (Wildman–Crippen MR) is 67.4 cm³/mol. The number of carbonyl (C=O) groups excluding carboxylic acids is 1. The quantitative estimate of drug-likeness (QED) is 0.679. The van der Waals surface area contributed by atoms with Gasteiger partial charge in [0.05, 0.1) is 5.92 Å². The average molecular weight is 229 g/mol. The second-order valence-corrected chi connectivity index (χ2v) is 4.03. The topological polar surface area (TPSA) is 29.5 Å². The van der Waals surface area contributed by atoms with Crippen LogP contribution in [0.15, 0.2) is 0 Å². The SMILES string of the molecule is CC.CCC(C)C(=O)OCCN1CCCC1. The Balaban J connectivity index is 0.00000106. The standard InChI is InChI=1S/C11H21NO2.C2H6/c1-3-10(2)11(13)14-9-8-12-6-4-5-7-12;1-2/h10H,3-9H2,1-2H3;1-2H3. The molecule has 3 nitrogen and oxygen atoms in total. The molecule has 1 aliphatic heterocycles. The molecule has 16 heavy (non-hydrogen) atoms. The lowest BCUT2D eigenvalue weighted by Gasteiger charge is -2.15. The highest BCUT2D eigenvalue weighted by Crippen LogP contribution is 2.07. The van der Waals surface area contributed by atoms with Gasteiger partial charge in [-0.3, -0.25) is 9.69 Å². The molecule has 3 heteroatoms. The third kappa shape index (κ3) is 6.11. The van der Waals surface area contributed by atoms with Gasteiger partial charge in [-0.15, -0.1) is 0 Å². The van der Waals surface area contributed by atoms with Crippen LogP contribution in [0.1, 0.15) is 47.0 Å². The zero-order valence-corrected chi connectivity index (χ0v) is 11.3. The van der Waals surface area contributed by atoms with E-state index in [-0.39, 0.29) is 11.9 Å².